The van der Waals surface area contributed by atoms with Gasteiger partial charge in [0.1, 0.15) is 18.8 Å². The number of ether oxygens (including phenoxy) is 1. The van der Waals surface area contributed by atoms with Crippen LogP contribution in [-0.4, -0.2) is 54.6 Å². The molecule has 0 saturated carbocycles. The van der Waals surface area contributed by atoms with Crippen LogP contribution in [0.25, 0.3) is 0 Å². The first-order chi connectivity index (χ1) is 8.25. The highest BCUT2D eigenvalue weighted by Gasteiger charge is 2.12. The molecule has 94 valence electrons. The van der Waals surface area contributed by atoms with E-state index >= 15 is 0 Å². The molecule has 1 aromatic heterocycles. The van der Waals surface area contributed by atoms with E-state index in [-0.39, 0.29) is 5.56 Å². The lowest BCUT2D eigenvalue weighted by Gasteiger charge is -2.23. The molecule has 0 spiro atoms. The monoisotopic (exact) mass is 240 g/mol. The number of nitrogens with zero attached hydrogens (tertiary/aromatic N) is 2. The van der Waals surface area contributed by atoms with E-state index in [0.29, 0.717) is 11.6 Å². The lowest BCUT2D eigenvalue weighted by Crippen LogP contribution is -3.14. The van der Waals surface area contributed by atoms with Crippen molar-refractivity contribution in [3.63, 3.8) is 0 Å². The molecule has 0 amide bonds. The summed E-state index contributed by atoms with van der Waals surface area (Å²) in [5.41, 5.74) is 0.190. The molecule has 1 aromatic rings. The minimum absolute atomic E-state index is 0.193. The topological polar surface area (TPSA) is 84.3 Å². The van der Waals surface area contributed by atoms with Crippen LogP contribution in [0.5, 0.6) is 0 Å². The molecule has 1 aliphatic heterocycles. The van der Waals surface area contributed by atoms with Crippen LogP contribution in [0.2, 0.25) is 0 Å². The number of nitrogens with one attached hydrogen (secondary N) is 3. The van der Waals surface area contributed by atoms with Crippen LogP contribution in [0.1, 0.15) is 5.69 Å². The maximum atomic E-state index is 11.3. The third kappa shape index (κ3) is 3.50. The Hall–Kier alpha value is -1.47. The molecule has 7 heteroatoms. The molecule has 1 aliphatic rings. The van der Waals surface area contributed by atoms with E-state index in [9.17, 15) is 4.79 Å². The predicted molar refractivity (Wildman–Crippen MR) is 62.3 cm³/mol. The SMILES string of the molecule is Cc1nnc(NCC[NH+]2CCOCC2)[nH]c1=O. The number of rotatable bonds is 4. The van der Waals surface area contributed by atoms with Crippen molar-refractivity contribution in [2.24, 2.45) is 0 Å². The van der Waals surface area contributed by atoms with E-state index in [2.05, 4.69) is 20.5 Å². The number of aromatic amines is 1. The Morgan fingerprint density at radius 2 is 2.18 bits per heavy atom. The smallest absolute Gasteiger partial charge is 0.273 e. The molecular formula is C10H18N5O2+. The van der Waals surface area contributed by atoms with Crippen LogP contribution < -0.4 is 15.8 Å². The first-order valence-corrected chi connectivity index (χ1v) is 5.84. The van der Waals surface area contributed by atoms with Gasteiger partial charge in [0.05, 0.1) is 26.3 Å². The van der Waals surface area contributed by atoms with Crippen molar-refractivity contribution in [1.29, 1.82) is 0 Å². The fraction of sp³-hybridized carbons (Fsp3) is 0.700. The zero-order valence-electron chi connectivity index (χ0n) is 9.95. The van der Waals surface area contributed by atoms with E-state index < -0.39 is 0 Å². The first-order valence-electron chi connectivity index (χ1n) is 5.84. The number of hydrogen-bond acceptors (Lipinski definition) is 5. The van der Waals surface area contributed by atoms with Crippen LogP contribution in [0.15, 0.2) is 4.79 Å². The molecule has 1 fully saturated rings. The number of H-pyrrole nitrogens is 1. The summed E-state index contributed by atoms with van der Waals surface area (Å²) >= 11 is 0. The van der Waals surface area contributed by atoms with Crippen molar-refractivity contribution in [1.82, 2.24) is 15.2 Å². The third-order valence-electron chi connectivity index (χ3n) is 2.83. The van der Waals surface area contributed by atoms with Crippen molar-refractivity contribution in [2.45, 2.75) is 6.92 Å². The lowest BCUT2D eigenvalue weighted by molar-refractivity contribution is -0.906. The minimum atomic E-state index is -0.193. The van der Waals surface area contributed by atoms with Gasteiger partial charge in [-0.15, -0.1) is 10.2 Å². The van der Waals surface area contributed by atoms with Crippen LogP contribution in [0.4, 0.5) is 5.95 Å². The number of aromatic nitrogens is 3. The number of morpholine rings is 1. The molecule has 0 radical (unpaired) electrons. The van der Waals surface area contributed by atoms with Crippen molar-refractivity contribution in [3.8, 4) is 0 Å². The number of quaternary nitrogens is 1. The summed E-state index contributed by atoms with van der Waals surface area (Å²) < 4.78 is 5.28. The normalized spacial score (nSPS) is 17.0. The highest BCUT2D eigenvalue weighted by molar-refractivity contribution is 5.20. The molecule has 3 N–H and O–H groups in total. The molecule has 1 saturated heterocycles. The van der Waals surface area contributed by atoms with Crippen molar-refractivity contribution >= 4 is 5.95 Å². The van der Waals surface area contributed by atoms with Gasteiger partial charge < -0.3 is 15.0 Å². The summed E-state index contributed by atoms with van der Waals surface area (Å²) in [5, 5.41) is 10.7. The van der Waals surface area contributed by atoms with Gasteiger partial charge in [0.15, 0.2) is 0 Å². The molecule has 0 aliphatic carbocycles. The fourth-order valence-corrected chi connectivity index (χ4v) is 1.74. The molecule has 2 heterocycles. The van der Waals surface area contributed by atoms with Crippen molar-refractivity contribution < 1.29 is 9.64 Å². The van der Waals surface area contributed by atoms with Crippen LogP contribution >= 0.6 is 0 Å². The summed E-state index contributed by atoms with van der Waals surface area (Å²) in [4.78, 5) is 15.4. The molecule has 0 bridgehead atoms. The zero-order valence-corrected chi connectivity index (χ0v) is 9.95. The molecule has 0 atom stereocenters. The Balaban J connectivity index is 1.77. The Labute approximate surface area is 99.2 Å². The molecule has 0 unspecified atom stereocenters. The van der Waals surface area contributed by atoms with E-state index in [1.54, 1.807) is 6.92 Å². The van der Waals surface area contributed by atoms with Gasteiger partial charge >= 0.3 is 0 Å². The van der Waals surface area contributed by atoms with E-state index in [4.69, 9.17) is 4.74 Å². The zero-order chi connectivity index (χ0) is 12.1. The molecule has 17 heavy (non-hydrogen) atoms. The van der Waals surface area contributed by atoms with Crippen LogP contribution in [-0.2, 0) is 4.74 Å². The average Bonchev–Trinajstić information content (AvgIpc) is 2.35. The van der Waals surface area contributed by atoms with Crippen molar-refractivity contribution in [2.75, 3.05) is 44.7 Å². The van der Waals surface area contributed by atoms with E-state index in [0.717, 1.165) is 39.4 Å². The Morgan fingerprint density at radius 1 is 1.41 bits per heavy atom. The maximum absolute atomic E-state index is 11.3. The van der Waals surface area contributed by atoms with E-state index in [1.807, 2.05) is 0 Å². The van der Waals surface area contributed by atoms with Gasteiger partial charge in [0.25, 0.3) is 5.56 Å². The van der Waals surface area contributed by atoms with Gasteiger partial charge in [0, 0.05) is 0 Å². The minimum Gasteiger partial charge on any atom is -0.370 e. The highest BCUT2D eigenvalue weighted by Crippen LogP contribution is 1.88. The van der Waals surface area contributed by atoms with Crippen LogP contribution in [0.3, 0.4) is 0 Å². The lowest BCUT2D eigenvalue weighted by atomic mass is 10.4. The number of hydrogen-bond donors (Lipinski definition) is 3. The summed E-state index contributed by atoms with van der Waals surface area (Å²) in [6, 6.07) is 0. The van der Waals surface area contributed by atoms with Gasteiger partial charge in [-0.2, -0.15) is 0 Å². The maximum Gasteiger partial charge on any atom is 0.273 e. The summed E-state index contributed by atoms with van der Waals surface area (Å²) in [7, 11) is 0. The predicted octanol–water partition coefficient (Wildman–Crippen LogP) is -2.20. The Bertz CT molecular complexity index is 413. The summed E-state index contributed by atoms with van der Waals surface area (Å²) in [5.74, 6) is 0.438. The second kappa shape index (κ2) is 5.74. The first kappa shape index (κ1) is 12.0. The summed E-state index contributed by atoms with van der Waals surface area (Å²) in [6.45, 7) is 7.13. The second-order valence-corrected chi connectivity index (χ2v) is 4.13. The quantitative estimate of drug-likeness (QED) is 0.556. The van der Waals surface area contributed by atoms with Crippen LogP contribution in [0, 0.1) is 6.92 Å². The van der Waals surface area contributed by atoms with Gasteiger partial charge in [-0.3, -0.25) is 9.78 Å². The molecule has 2 rings (SSSR count). The Morgan fingerprint density at radius 3 is 2.88 bits per heavy atom. The summed E-state index contributed by atoms with van der Waals surface area (Å²) in [6.07, 6.45) is 0. The fourth-order valence-electron chi connectivity index (χ4n) is 1.74. The van der Waals surface area contributed by atoms with E-state index in [1.165, 1.54) is 4.90 Å². The van der Waals surface area contributed by atoms with Gasteiger partial charge in [0.2, 0.25) is 5.95 Å². The molecule has 0 aromatic carbocycles. The van der Waals surface area contributed by atoms with Crippen molar-refractivity contribution in [3.05, 3.63) is 16.0 Å². The largest absolute Gasteiger partial charge is 0.370 e. The molecular weight excluding hydrogens is 222 g/mol. The van der Waals surface area contributed by atoms with Gasteiger partial charge in [-0.25, -0.2) is 0 Å². The standard InChI is InChI=1S/C10H17N5O2/c1-8-9(16)12-10(14-13-8)11-2-3-15-4-6-17-7-5-15/h2-7H2,1H3,(H2,11,12,14,16)/p+1. The Kier molecular flexibility index (Phi) is 4.05. The molecule has 7 nitrogen and oxygen atoms in total. The third-order valence-corrected chi connectivity index (χ3v) is 2.83. The van der Waals surface area contributed by atoms with Gasteiger partial charge in [-0.1, -0.05) is 0 Å². The number of aryl methyl sites for hydroxylation is 1. The second-order valence-electron chi connectivity index (χ2n) is 4.13. The average molecular weight is 240 g/mol. The number of anilines is 1. The van der Waals surface area contributed by atoms with Gasteiger partial charge in [-0.05, 0) is 6.92 Å². The highest BCUT2D eigenvalue weighted by atomic mass is 16.5.